The van der Waals surface area contributed by atoms with Crippen LogP contribution in [0, 0.1) is 6.92 Å². The van der Waals surface area contributed by atoms with Gasteiger partial charge >= 0.3 is 0 Å². The van der Waals surface area contributed by atoms with Gasteiger partial charge in [-0.3, -0.25) is 14.8 Å². The van der Waals surface area contributed by atoms with Crippen LogP contribution in [0.4, 0.5) is 5.95 Å². The maximum atomic E-state index is 12.0. The Balaban J connectivity index is 1.97. The molecule has 96 valence electrons. The predicted octanol–water partition coefficient (Wildman–Crippen LogP) is 0.647. The molecule has 2 N–H and O–H groups in total. The molecule has 0 aliphatic carbocycles. The lowest BCUT2D eigenvalue weighted by Crippen LogP contribution is -2.15. The van der Waals surface area contributed by atoms with Gasteiger partial charge < -0.3 is 0 Å². The van der Waals surface area contributed by atoms with Gasteiger partial charge in [-0.2, -0.15) is 15.2 Å². The lowest BCUT2D eigenvalue weighted by atomic mass is 10.2. The number of pyridine rings is 1. The van der Waals surface area contributed by atoms with Crippen molar-refractivity contribution in [1.82, 2.24) is 29.9 Å². The van der Waals surface area contributed by atoms with Crippen LogP contribution in [0.2, 0.25) is 0 Å². The van der Waals surface area contributed by atoms with E-state index in [1.165, 1.54) is 6.33 Å². The molecule has 0 fully saturated rings. The number of anilines is 1. The van der Waals surface area contributed by atoms with Gasteiger partial charge in [0.25, 0.3) is 5.91 Å². The first-order valence-electron chi connectivity index (χ1n) is 5.62. The first-order chi connectivity index (χ1) is 9.15. The molecule has 1 amide bonds. The standard InChI is InChI=1S/C11H11N7O/c1-6-7-3-4-8(14-9(7)18(2)17-6)10(19)15-11-12-5-13-16-11/h3-5H,1-2H3,(H2,12,13,15,16,19). The van der Waals surface area contributed by atoms with Crippen molar-refractivity contribution in [2.75, 3.05) is 5.32 Å². The molecule has 0 aliphatic rings. The molecular weight excluding hydrogens is 246 g/mol. The number of H-pyrrole nitrogens is 1. The second-order valence-electron chi connectivity index (χ2n) is 4.06. The van der Waals surface area contributed by atoms with E-state index in [1.54, 1.807) is 17.8 Å². The highest BCUT2D eigenvalue weighted by Gasteiger charge is 2.13. The quantitative estimate of drug-likeness (QED) is 0.701. The van der Waals surface area contributed by atoms with Crippen molar-refractivity contribution in [2.45, 2.75) is 6.92 Å². The summed E-state index contributed by atoms with van der Waals surface area (Å²) in [7, 11) is 1.79. The summed E-state index contributed by atoms with van der Waals surface area (Å²) in [5.74, 6) is -0.0643. The van der Waals surface area contributed by atoms with Gasteiger partial charge in [0, 0.05) is 12.4 Å². The van der Waals surface area contributed by atoms with Crippen LogP contribution in [0.1, 0.15) is 16.2 Å². The summed E-state index contributed by atoms with van der Waals surface area (Å²) in [5.41, 5.74) is 1.85. The Hall–Kier alpha value is -2.77. The van der Waals surface area contributed by atoms with Crippen molar-refractivity contribution >= 4 is 22.9 Å². The van der Waals surface area contributed by atoms with E-state index in [-0.39, 0.29) is 11.9 Å². The van der Waals surface area contributed by atoms with Crippen LogP contribution in [0.15, 0.2) is 18.5 Å². The zero-order valence-corrected chi connectivity index (χ0v) is 10.4. The van der Waals surface area contributed by atoms with E-state index >= 15 is 0 Å². The van der Waals surface area contributed by atoms with Gasteiger partial charge in [0.1, 0.15) is 12.0 Å². The van der Waals surface area contributed by atoms with E-state index in [9.17, 15) is 4.79 Å². The summed E-state index contributed by atoms with van der Waals surface area (Å²) in [4.78, 5) is 20.1. The third kappa shape index (κ3) is 1.92. The lowest BCUT2D eigenvalue weighted by Gasteiger charge is -2.01. The average molecular weight is 257 g/mol. The van der Waals surface area contributed by atoms with Gasteiger partial charge in [-0.1, -0.05) is 0 Å². The van der Waals surface area contributed by atoms with Crippen molar-refractivity contribution in [1.29, 1.82) is 0 Å². The Labute approximate surface area is 107 Å². The molecule has 0 aliphatic heterocycles. The van der Waals surface area contributed by atoms with Crippen LogP contribution in [0.3, 0.4) is 0 Å². The molecule has 3 aromatic heterocycles. The number of rotatable bonds is 2. The number of aromatic nitrogens is 6. The number of fused-ring (bicyclic) bond motifs is 1. The molecule has 8 nitrogen and oxygen atoms in total. The number of aromatic amines is 1. The maximum Gasteiger partial charge on any atom is 0.276 e. The summed E-state index contributed by atoms with van der Waals surface area (Å²) in [5, 5.41) is 14.0. The summed E-state index contributed by atoms with van der Waals surface area (Å²) in [6, 6.07) is 3.49. The summed E-state index contributed by atoms with van der Waals surface area (Å²) >= 11 is 0. The molecule has 8 heteroatoms. The van der Waals surface area contributed by atoms with Gasteiger partial charge in [-0.05, 0) is 19.1 Å². The summed E-state index contributed by atoms with van der Waals surface area (Å²) in [6.07, 6.45) is 1.32. The molecule has 0 spiro atoms. The van der Waals surface area contributed by atoms with E-state index in [1.807, 2.05) is 13.0 Å². The Bertz CT molecular complexity index is 744. The van der Waals surface area contributed by atoms with E-state index < -0.39 is 0 Å². The molecular formula is C11H11N7O. The number of carbonyl (C=O) groups excluding carboxylic acids is 1. The van der Waals surface area contributed by atoms with E-state index in [4.69, 9.17) is 0 Å². The first kappa shape index (κ1) is 11.3. The third-order valence-corrected chi connectivity index (χ3v) is 2.75. The van der Waals surface area contributed by atoms with Crippen LogP contribution >= 0.6 is 0 Å². The minimum absolute atomic E-state index is 0.285. The zero-order chi connectivity index (χ0) is 13.4. The summed E-state index contributed by atoms with van der Waals surface area (Å²) in [6.45, 7) is 1.90. The number of aryl methyl sites for hydroxylation is 2. The van der Waals surface area contributed by atoms with E-state index in [0.717, 1.165) is 11.1 Å². The van der Waals surface area contributed by atoms with Crippen LogP contribution in [0.25, 0.3) is 11.0 Å². The fourth-order valence-electron chi connectivity index (χ4n) is 1.87. The molecule has 19 heavy (non-hydrogen) atoms. The Morgan fingerprint density at radius 3 is 3.00 bits per heavy atom. The molecule has 0 saturated carbocycles. The van der Waals surface area contributed by atoms with Crippen LogP contribution in [0.5, 0.6) is 0 Å². The second kappa shape index (κ2) is 4.16. The molecule has 0 saturated heterocycles. The molecule has 0 radical (unpaired) electrons. The number of hydrogen-bond acceptors (Lipinski definition) is 5. The molecule has 3 rings (SSSR count). The Kier molecular flexibility index (Phi) is 2.48. The zero-order valence-electron chi connectivity index (χ0n) is 10.4. The SMILES string of the molecule is Cc1nn(C)c2nc(C(=O)Nc3ncn[nH]3)ccc12. The highest BCUT2D eigenvalue weighted by Crippen LogP contribution is 2.15. The van der Waals surface area contributed by atoms with Gasteiger partial charge in [0.15, 0.2) is 5.65 Å². The van der Waals surface area contributed by atoms with Crippen molar-refractivity contribution < 1.29 is 4.79 Å². The van der Waals surface area contributed by atoms with E-state index in [2.05, 4.69) is 30.6 Å². The van der Waals surface area contributed by atoms with Crippen LogP contribution in [-0.2, 0) is 7.05 Å². The van der Waals surface area contributed by atoms with Gasteiger partial charge in [-0.25, -0.2) is 10.1 Å². The Morgan fingerprint density at radius 1 is 1.42 bits per heavy atom. The number of hydrogen-bond donors (Lipinski definition) is 2. The highest BCUT2D eigenvalue weighted by molar-refractivity contribution is 6.03. The smallest absolute Gasteiger partial charge is 0.276 e. The van der Waals surface area contributed by atoms with E-state index in [0.29, 0.717) is 11.3 Å². The monoisotopic (exact) mass is 257 g/mol. The molecule has 0 aromatic carbocycles. The minimum Gasteiger partial charge on any atom is -0.289 e. The Morgan fingerprint density at radius 2 is 2.26 bits per heavy atom. The van der Waals surface area contributed by atoms with Crippen molar-refractivity contribution in [3.05, 3.63) is 29.8 Å². The molecule has 0 bridgehead atoms. The molecule has 3 aromatic rings. The first-order valence-corrected chi connectivity index (χ1v) is 5.62. The van der Waals surface area contributed by atoms with Gasteiger partial charge in [0.2, 0.25) is 5.95 Å². The number of amides is 1. The average Bonchev–Trinajstić information content (AvgIpc) is 2.99. The van der Waals surface area contributed by atoms with Crippen molar-refractivity contribution in [3.8, 4) is 0 Å². The number of carbonyl (C=O) groups is 1. The highest BCUT2D eigenvalue weighted by atomic mass is 16.2. The minimum atomic E-state index is -0.350. The fraction of sp³-hybridized carbons (Fsp3) is 0.182. The van der Waals surface area contributed by atoms with Gasteiger partial charge in [0.05, 0.1) is 5.69 Å². The second-order valence-corrected chi connectivity index (χ2v) is 4.06. The topological polar surface area (TPSA) is 101 Å². The predicted molar refractivity (Wildman–Crippen MR) is 67.6 cm³/mol. The van der Waals surface area contributed by atoms with Crippen molar-refractivity contribution in [2.24, 2.45) is 7.05 Å². The molecule has 0 atom stereocenters. The maximum absolute atomic E-state index is 12.0. The largest absolute Gasteiger partial charge is 0.289 e. The fourth-order valence-corrected chi connectivity index (χ4v) is 1.87. The third-order valence-electron chi connectivity index (χ3n) is 2.75. The number of nitrogens with zero attached hydrogens (tertiary/aromatic N) is 5. The molecule has 3 heterocycles. The lowest BCUT2D eigenvalue weighted by molar-refractivity contribution is 0.102. The normalized spacial score (nSPS) is 10.8. The summed E-state index contributed by atoms with van der Waals surface area (Å²) < 4.78 is 1.65. The van der Waals surface area contributed by atoms with Gasteiger partial charge in [-0.15, -0.1) is 0 Å². The van der Waals surface area contributed by atoms with Crippen LogP contribution in [-0.4, -0.2) is 35.9 Å². The molecule has 0 unspecified atom stereocenters. The van der Waals surface area contributed by atoms with Crippen molar-refractivity contribution in [3.63, 3.8) is 0 Å². The van der Waals surface area contributed by atoms with Crippen LogP contribution < -0.4 is 5.32 Å². The number of nitrogens with one attached hydrogen (secondary N) is 2.